The quantitative estimate of drug-likeness (QED) is 0.905. The summed E-state index contributed by atoms with van der Waals surface area (Å²) in [5.41, 5.74) is 2.39. The minimum absolute atomic E-state index is 0.0282. The summed E-state index contributed by atoms with van der Waals surface area (Å²) in [6, 6.07) is 10.8. The van der Waals surface area contributed by atoms with Crippen molar-refractivity contribution in [2.45, 2.75) is 26.3 Å². The number of hydrogen-bond donors (Lipinski definition) is 1. The second kappa shape index (κ2) is 6.53. The number of amides is 1. The van der Waals surface area contributed by atoms with Gasteiger partial charge in [0.1, 0.15) is 0 Å². The normalized spacial score (nSPS) is 10.0. The lowest BCUT2D eigenvalue weighted by Gasteiger charge is -2.06. The summed E-state index contributed by atoms with van der Waals surface area (Å²) in [5.74, 6) is -0.0282. The molecule has 0 spiro atoms. The topological polar surface area (TPSA) is 70.7 Å². The van der Waals surface area contributed by atoms with Crippen LogP contribution in [0.2, 0.25) is 0 Å². The van der Waals surface area contributed by atoms with Gasteiger partial charge in [-0.1, -0.05) is 0 Å². The van der Waals surface area contributed by atoms with Crippen LogP contribution in [-0.2, 0) is 11.3 Å². The van der Waals surface area contributed by atoms with E-state index in [0.717, 1.165) is 18.7 Å². The van der Waals surface area contributed by atoms with Gasteiger partial charge in [-0.2, -0.15) is 10.4 Å². The zero-order chi connectivity index (χ0) is 14.4. The molecule has 1 aromatic carbocycles. The first-order valence-electron chi connectivity index (χ1n) is 6.47. The SMILES string of the molecule is Cc1ccnn1CCCC(=O)Nc1ccc(C#N)cc1. The Hall–Kier alpha value is -2.61. The number of anilines is 1. The van der Waals surface area contributed by atoms with E-state index in [2.05, 4.69) is 10.4 Å². The van der Waals surface area contributed by atoms with Crippen molar-refractivity contribution in [2.24, 2.45) is 0 Å². The molecule has 0 aliphatic carbocycles. The average molecular weight is 268 g/mol. The van der Waals surface area contributed by atoms with Crippen molar-refractivity contribution in [3.8, 4) is 6.07 Å². The van der Waals surface area contributed by atoms with Crippen LogP contribution in [0.4, 0.5) is 5.69 Å². The first-order chi connectivity index (χ1) is 9.69. The third kappa shape index (κ3) is 3.69. The van der Waals surface area contributed by atoms with Crippen molar-refractivity contribution >= 4 is 11.6 Å². The van der Waals surface area contributed by atoms with Gasteiger partial charge in [0.15, 0.2) is 0 Å². The highest BCUT2D eigenvalue weighted by atomic mass is 16.1. The van der Waals surface area contributed by atoms with E-state index in [1.165, 1.54) is 0 Å². The Bertz CT molecular complexity index is 622. The molecule has 0 saturated heterocycles. The fourth-order valence-electron chi connectivity index (χ4n) is 1.87. The van der Waals surface area contributed by atoms with E-state index in [1.54, 1.807) is 30.5 Å². The first-order valence-corrected chi connectivity index (χ1v) is 6.47. The minimum Gasteiger partial charge on any atom is -0.326 e. The van der Waals surface area contributed by atoms with E-state index in [0.29, 0.717) is 17.7 Å². The molecule has 1 heterocycles. The number of carbonyl (C=O) groups is 1. The zero-order valence-electron chi connectivity index (χ0n) is 11.3. The molecule has 1 N–H and O–H groups in total. The van der Waals surface area contributed by atoms with E-state index >= 15 is 0 Å². The van der Waals surface area contributed by atoms with Gasteiger partial charge in [0.25, 0.3) is 0 Å². The van der Waals surface area contributed by atoms with Gasteiger partial charge in [-0.25, -0.2) is 0 Å². The average Bonchev–Trinajstić information content (AvgIpc) is 2.85. The molecule has 20 heavy (non-hydrogen) atoms. The van der Waals surface area contributed by atoms with Gasteiger partial charge in [0.05, 0.1) is 11.6 Å². The van der Waals surface area contributed by atoms with Crippen LogP contribution >= 0.6 is 0 Å². The molecule has 0 unspecified atom stereocenters. The number of carbonyl (C=O) groups excluding carboxylic acids is 1. The highest BCUT2D eigenvalue weighted by Crippen LogP contribution is 2.09. The fourth-order valence-corrected chi connectivity index (χ4v) is 1.87. The predicted octanol–water partition coefficient (Wildman–Crippen LogP) is 2.48. The summed E-state index contributed by atoms with van der Waals surface area (Å²) in [5, 5.41) is 15.7. The van der Waals surface area contributed by atoms with E-state index < -0.39 is 0 Å². The van der Waals surface area contributed by atoms with Crippen molar-refractivity contribution in [1.29, 1.82) is 5.26 Å². The Kier molecular flexibility index (Phi) is 4.51. The molecule has 0 radical (unpaired) electrons. The van der Waals surface area contributed by atoms with Gasteiger partial charge in [-0.15, -0.1) is 0 Å². The lowest BCUT2D eigenvalue weighted by molar-refractivity contribution is -0.116. The Morgan fingerprint density at radius 1 is 1.35 bits per heavy atom. The summed E-state index contributed by atoms with van der Waals surface area (Å²) in [7, 11) is 0. The zero-order valence-corrected chi connectivity index (χ0v) is 11.3. The van der Waals surface area contributed by atoms with Crippen molar-refractivity contribution in [1.82, 2.24) is 9.78 Å². The van der Waals surface area contributed by atoms with Gasteiger partial charge in [-0.3, -0.25) is 9.48 Å². The highest BCUT2D eigenvalue weighted by molar-refractivity contribution is 5.90. The van der Waals surface area contributed by atoms with E-state index in [9.17, 15) is 4.79 Å². The molecule has 0 bridgehead atoms. The molecular formula is C15H16N4O. The summed E-state index contributed by atoms with van der Waals surface area (Å²) in [4.78, 5) is 11.8. The van der Waals surface area contributed by atoms with Crippen molar-refractivity contribution in [2.75, 3.05) is 5.32 Å². The molecular weight excluding hydrogens is 252 g/mol. The Labute approximate surface area is 117 Å². The molecule has 0 atom stereocenters. The lowest BCUT2D eigenvalue weighted by Crippen LogP contribution is -2.13. The molecule has 0 aliphatic heterocycles. The summed E-state index contributed by atoms with van der Waals surface area (Å²) < 4.78 is 1.88. The number of benzene rings is 1. The second-order valence-electron chi connectivity index (χ2n) is 4.54. The number of aryl methyl sites for hydroxylation is 2. The largest absolute Gasteiger partial charge is 0.326 e. The molecule has 5 heteroatoms. The van der Waals surface area contributed by atoms with Crippen LogP contribution in [0.15, 0.2) is 36.5 Å². The smallest absolute Gasteiger partial charge is 0.224 e. The minimum atomic E-state index is -0.0282. The molecule has 2 aromatic rings. The molecule has 0 fully saturated rings. The molecule has 5 nitrogen and oxygen atoms in total. The fraction of sp³-hybridized carbons (Fsp3) is 0.267. The first kappa shape index (κ1) is 13.8. The number of nitriles is 1. The van der Waals surface area contributed by atoms with E-state index in [1.807, 2.05) is 23.7 Å². The van der Waals surface area contributed by atoms with Crippen LogP contribution in [0.3, 0.4) is 0 Å². The van der Waals surface area contributed by atoms with E-state index in [-0.39, 0.29) is 5.91 Å². The van der Waals surface area contributed by atoms with Gasteiger partial charge in [0, 0.05) is 30.5 Å². The van der Waals surface area contributed by atoms with Crippen LogP contribution in [-0.4, -0.2) is 15.7 Å². The Morgan fingerprint density at radius 3 is 2.70 bits per heavy atom. The molecule has 0 saturated carbocycles. The number of nitrogens with zero attached hydrogens (tertiary/aromatic N) is 3. The second-order valence-corrected chi connectivity index (χ2v) is 4.54. The predicted molar refractivity (Wildman–Crippen MR) is 76.0 cm³/mol. The van der Waals surface area contributed by atoms with Crippen molar-refractivity contribution < 1.29 is 4.79 Å². The van der Waals surface area contributed by atoms with Crippen LogP contribution in [0, 0.1) is 18.3 Å². The van der Waals surface area contributed by atoms with Gasteiger partial charge < -0.3 is 5.32 Å². The van der Waals surface area contributed by atoms with Crippen LogP contribution in [0.1, 0.15) is 24.1 Å². The van der Waals surface area contributed by atoms with E-state index in [4.69, 9.17) is 5.26 Å². The third-order valence-electron chi connectivity index (χ3n) is 3.00. The molecule has 2 rings (SSSR count). The molecule has 1 amide bonds. The standard InChI is InChI=1S/C15H16N4O/c1-12-8-9-17-19(12)10-2-3-15(20)18-14-6-4-13(11-16)5-7-14/h4-9H,2-3,10H2,1H3,(H,18,20). The highest BCUT2D eigenvalue weighted by Gasteiger charge is 2.03. The third-order valence-corrected chi connectivity index (χ3v) is 3.00. The Balaban J connectivity index is 1.78. The molecule has 102 valence electrons. The van der Waals surface area contributed by atoms with Gasteiger partial charge >= 0.3 is 0 Å². The molecule has 1 aromatic heterocycles. The Morgan fingerprint density at radius 2 is 2.10 bits per heavy atom. The monoisotopic (exact) mass is 268 g/mol. The molecule has 0 aliphatic rings. The van der Waals surface area contributed by atoms with Crippen LogP contribution < -0.4 is 5.32 Å². The van der Waals surface area contributed by atoms with Crippen LogP contribution in [0.5, 0.6) is 0 Å². The summed E-state index contributed by atoms with van der Waals surface area (Å²) in [6.07, 6.45) is 2.94. The number of hydrogen-bond acceptors (Lipinski definition) is 3. The maximum Gasteiger partial charge on any atom is 0.224 e. The number of rotatable bonds is 5. The lowest BCUT2D eigenvalue weighted by atomic mass is 10.2. The van der Waals surface area contributed by atoms with Crippen LogP contribution in [0.25, 0.3) is 0 Å². The summed E-state index contributed by atoms with van der Waals surface area (Å²) >= 11 is 0. The van der Waals surface area contributed by atoms with Crippen molar-refractivity contribution in [3.05, 3.63) is 47.8 Å². The maximum atomic E-state index is 11.8. The van der Waals surface area contributed by atoms with Gasteiger partial charge in [-0.05, 0) is 43.7 Å². The van der Waals surface area contributed by atoms with Gasteiger partial charge in [0.2, 0.25) is 5.91 Å². The number of aromatic nitrogens is 2. The summed E-state index contributed by atoms with van der Waals surface area (Å²) in [6.45, 7) is 2.73. The number of nitrogens with one attached hydrogen (secondary N) is 1. The maximum absolute atomic E-state index is 11.8. The van der Waals surface area contributed by atoms with Crippen molar-refractivity contribution in [3.63, 3.8) is 0 Å².